The Bertz CT molecular complexity index is 534. The first kappa shape index (κ1) is 11.3. The monoisotopic (exact) mass is 232 g/mol. The number of nitro benzene ring substituents is 1. The number of para-hydroxylation sites is 1. The van der Waals surface area contributed by atoms with Gasteiger partial charge in [0.2, 0.25) is 0 Å². The summed E-state index contributed by atoms with van der Waals surface area (Å²) in [6.07, 6.45) is 3.57. The Labute approximate surface area is 98.1 Å². The molecule has 0 saturated carbocycles. The lowest BCUT2D eigenvalue weighted by Gasteiger charge is -2.03. The summed E-state index contributed by atoms with van der Waals surface area (Å²) < 4.78 is 1.81. The zero-order valence-corrected chi connectivity index (χ0v) is 9.11. The van der Waals surface area contributed by atoms with E-state index >= 15 is 0 Å². The molecule has 5 heteroatoms. The van der Waals surface area contributed by atoms with Crippen LogP contribution in [0.5, 0.6) is 0 Å². The fraction of sp³-hybridized carbons (Fsp3) is 0.167. The van der Waals surface area contributed by atoms with Crippen LogP contribution in [0.1, 0.15) is 11.1 Å². The van der Waals surface area contributed by atoms with Crippen LogP contribution in [0.2, 0.25) is 0 Å². The van der Waals surface area contributed by atoms with Crippen LogP contribution in [0.25, 0.3) is 0 Å². The second kappa shape index (κ2) is 4.80. The van der Waals surface area contributed by atoms with Crippen LogP contribution in [-0.2, 0) is 13.2 Å². The van der Waals surface area contributed by atoms with Crippen LogP contribution in [0, 0.1) is 10.1 Å². The van der Waals surface area contributed by atoms with Crippen LogP contribution in [0.4, 0.5) is 5.69 Å². The number of hydrogen-bond donors (Lipinski definition) is 1. The van der Waals surface area contributed by atoms with Crippen LogP contribution in [0.3, 0.4) is 0 Å². The van der Waals surface area contributed by atoms with Crippen molar-refractivity contribution in [2.24, 2.45) is 0 Å². The topological polar surface area (TPSA) is 68.3 Å². The quantitative estimate of drug-likeness (QED) is 0.647. The molecule has 17 heavy (non-hydrogen) atoms. The average Bonchev–Trinajstić information content (AvgIpc) is 2.77. The molecule has 0 fully saturated rings. The predicted octanol–water partition coefficient (Wildman–Crippen LogP) is 1.94. The third-order valence-electron chi connectivity index (χ3n) is 2.54. The normalized spacial score (nSPS) is 10.4. The zero-order valence-electron chi connectivity index (χ0n) is 9.11. The van der Waals surface area contributed by atoms with E-state index < -0.39 is 0 Å². The lowest BCUT2D eigenvalue weighted by Crippen LogP contribution is -2.01. The van der Waals surface area contributed by atoms with Crippen molar-refractivity contribution in [3.05, 3.63) is 64.0 Å². The van der Waals surface area contributed by atoms with Gasteiger partial charge < -0.3 is 9.67 Å². The Balaban J connectivity index is 2.26. The Morgan fingerprint density at radius 3 is 2.71 bits per heavy atom. The van der Waals surface area contributed by atoms with Gasteiger partial charge in [0.15, 0.2) is 0 Å². The van der Waals surface area contributed by atoms with Crippen LogP contribution >= 0.6 is 0 Å². The summed E-state index contributed by atoms with van der Waals surface area (Å²) in [5.74, 6) is 0. The Morgan fingerprint density at radius 2 is 2.06 bits per heavy atom. The van der Waals surface area contributed by atoms with E-state index in [0.29, 0.717) is 12.1 Å². The molecule has 0 bridgehead atoms. The molecule has 1 N–H and O–H groups in total. The molecule has 0 radical (unpaired) electrons. The third kappa shape index (κ3) is 2.51. The Morgan fingerprint density at radius 1 is 1.29 bits per heavy atom. The van der Waals surface area contributed by atoms with Gasteiger partial charge in [-0.05, 0) is 11.6 Å². The molecule has 1 aromatic heterocycles. The smallest absolute Gasteiger partial charge is 0.274 e. The van der Waals surface area contributed by atoms with Crippen molar-refractivity contribution in [2.45, 2.75) is 13.2 Å². The number of rotatable bonds is 4. The minimum absolute atomic E-state index is 0.0239. The molecule has 0 aliphatic rings. The molecule has 0 spiro atoms. The van der Waals surface area contributed by atoms with Gasteiger partial charge in [0.25, 0.3) is 5.69 Å². The molecular formula is C12H12N2O3. The molecule has 88 valence electrons. The van der Waals surface area contributed by atoms with Crippen molar-refractivity contribution in [1.82, 2.24) is 4.57 Å². The fourth-order valence-electron chi connectivity index (χ4n) is 1.70. The first-order valence-corrected chi connectivity index (χ1v) is 5.18. The lowest BCUT2D eigenvalue weighted by atomic mass is 10.2. The number of benzene rings is 1. The molecule has 2 rings (SSSR count). The molecule has 0 amide bonds. The predicted molar refractivity (Wildman–Crippen MR) is 62.6 cm³/mol. The van der Waals surface area contributed by atoms with E-state index in [1.54, 1.807) is 36.7 Å². The number of aliphatic hydroxyl groups is 1. The number of nitro groups is 1. The van der Waals surface area contributed by atoms with Crippen molar-refractivity contribution in [3.8, 4) is 0 Å². The third-order valence-corrected chi connectivity index (χ3v) is 2.54. The summed E-state index contributed by atoms with van der Waals surface area (Å²) in [6, 6.07) is 8.44. The van der Waals surface area contributed by atoms with Crippen LogP contribution in [0.15, 0.2) is 42.7 Å². The zero-order chi connectivity index (χ0) is 12.3. The van der Waals surface area contributed by atoms with Crippen molar-refractivity contribution >= 4 is 5.69 Å². The summed E-state index contributed by atoms with van der Waals surface area (Å²) in [4.78, 5) is 10.4. The maximum atomic E-state index is 10.8. The molecule has 2 aromatic rings. The summed E-state index contributed by atoms with van der Waals surface area (Å²) >= 11 is 0. The van der Waals surface area contributed by atoms with Crippen molar-refractivity contribution < 1.29 is 10.0 Å². The van der Waals surface area contributed by atoms with Gasteiger partial charge in [-0.2, -0.15) is 0 Å². The number of aliphatic hydroxyl groups excluding tert-OH is 1. The van der Waals surface area contributed by atoms with Crippen LogP contribution in [-0.4, -0.2) is 14.6 Å². The maximum absolute atomic E-state index is 10.8. The van der Waals surface area contributed by atoms with Gasteiger partial charge in [-0.1, -0.05) is 18.2 Å². The molecule has 0 aliphatic heterocycles. The molecule has 0 unspecified atom stereocenters. The average molecular weight is 232 g/mol. The molecule has 0 atom stereocenters. The molecule has 5 nitrogen and oxygen atoms in total. The van der Waals surface area contributed by atoms with Gasteiger partial charge in [0.05, 0.1) is 18.1 Å². The van der Waals surface area contributed by atoms with E-state index in [-0.39, 0.29) is 17.2 Å². The molecule has 1 aromatic carbocycles. The summed E-state index contributed by atoms with van der Waals surface area (Å²) in [6.45, 7) is 0.404. The first-order valence-electron chi connectivity index (χ1n) is 5.18. The highest BCUT2D eigenvalue weighted by molar-refractivity contribution is 5.40. The van der Waals surface area contributed by atoms with E-state index in [9.17, 15) is 10.1 Å². The minimum atomic E-state index is -0.383. The van der Waals surface area contributed by atoms with E-state index in [1.165, 1.54) is 6.07 Å². The summed E-state index contributed by atoms with van der Waals surface area (Å²) in [7, 11) is 0. The molecule has 0 aliphatic carbocycles. The van der Waals surface area contributed by atoms with Gasteiger partial charge >= 0.3 is 0 Å². The van der Waals surface area contributed by atoms with E-state index in [0.717, 1.165) is 5.56 Å². The number of nitrogens with zero attached hydrogens (tertiary/aromatic N) is 2. The first-order chi connectivity index (χ1) is 8.20. The summed E-state index contributed by atoms with van der Waals surface area (Å²) in [5.41, 5.74) is 1.56. The molecule has 1 heterocycles. The highest BCUT2D eigenvalue weighted by Crippen LogP contribution is 2.19. The van der Waals surface area contributed by atoms with E-state index in [4.69, 9.17) is 5.11 Å². The second-order valence-corrected chi connectivity index (χ2v) is 3.74. The van der Waals surface area contributed by atoms with Gasteiger partial charge in [-0.3, -0.25) is 10.1 Å². The van der Waals surface area contributed by atoms with Crippen molar-refractivity contribution in [2.75, 3.05) is 0 Å². The van der Waals surface area contributed by atoms with Gasteiger partial charge in [0.1, 0.15) is 0 Å². The number of hydrogen-bond acceptors (Lipinski definition) is 3. The fourth-order valence-corrected chi connectivity index (χ4v) is 1.70. The largest absolute Gasteiger partial charge is 0.392 e. The van der Waals surface area contributed by atoms with Crippen molar-refractivity contribution in [3.63, 3.8) is 0 Å². The maximum Gasteiger partial charge on any atom is 0.274 e. The lowest BCUT2D eigenvalue weighted by molar-refractivity contribution is -0.385. The molecule has 0 saturated heterocycles. The number of aromatic nitrogens is 1. The van der Waals surface area contributed by atoms with Gasteiger partial charge in [-0.25, -0.2) is 0 Å². The highest BCUT2D eigenvalue weighted by Gasteiger charge is 2.12. The standard InChI is InChI=1S/C12H12N2O3/c15-9-10-5-6-13(7-10)8-11-3-1-2-4-12(11)14(16)17/h1-7,15H,8-9H2. The van der Waals surface area contributed by atoms with Crippen LogP contribution < -0.4 is 0 Å². The SMILES string of the molecule is O=[N+]([O-])c1ccccc1Cn1ccc(CO)c1. The minimum Gasteiger partial charge on any atom is -0.392 e. The second-order valence-electron chi connectivity index (χ2n) is 3.74. The van der Waals surface area contributed by atoms with Crippen molar-refractivity contribution in [1.29, 1.82) is 0 Å². The molecular weight excluding hydrogens is 220 g/mol. The van der Waals surface area contributed by atoms with E-state index in [2.05, 4.69) is 0 Å². The van der Waals surface area contributed by atoms with E-state index in [1.807, 2.05) is 4.57 Å². The van der Waals surface area contributed by atoms with Gasteiger partial charge in [0, 0.05) is 24.0 Å². The Kier molecular flexibility index (Phi) is 3.20. The van der Waals surface area contributed by atoms with Gasteiger partial charge in [-0.15, -0.1) is 0 Å². The Hall–Kier alpha value is -2.14. The highest BCUT2D eigenvalue weighted by atomic mass is 16.6. The summed E-state index contributed by atoms with van der Waals surface area (Å²) in [5, 5.41) is 19.8.